The highest BCUT2D eigenvalue weighted by Gasteiger charge is 2.13. The lowest BCUT2D eigenvalue weighted by Gasteiger charge is -2.09. The first-order valence-corrected chi connectivity index (χ1v) is 5.09. The number of hydrogen-bond donors (Lipinski definition) is 2. The second-order valence-corrected chi connectivity index (χ2v) is 3.74. The third kappa shape index (κ3) is 2.23. The summed E-state index contributed by atoms with van der Waals surface area (Å²) in [6.45, 7) is 1.84. The molecule has 2 heterocycles. The SMILES string of the molecule is Cc1ccc(C(O)Cc2cnccc2N)o1. The Hall–Kier alpha value is -1.81. The van der Waals surface area contributed by atoms with Gasteiger partial charge in [0.15, 0.2) is 0 Å². The number of nitrogens with two attached hydrogens (primary N) is 1. The van der Waals surface area contributed by atoms with Crippen LogP contribution in [0, 0.1) is 6.92 Å². The molecule has 0 amide bonds. The topological polar surface area (TPSA) is 72.3 Å². The quantitative estimate of drug-likeness (QED) is 0.824. The molecule has 0 saturated heterocycles. The molecule has 0 aliphatic heterocycles. The lowest BCUT2D eigenvalue weighted by atomic mass is 10.1. The summed E-state index contributed by atoms with van der Waals surface area (Å²) in [4.78, 5) is 3.98. The predicted octanol–water partition coefficient (Wildman–Crippen LogP) is 1.84. The summed E-state index contributed by atoms with van der Waals surface area (Å²) in [6.07, 6.45) is 3.02. The van der Waals surface area contributed by atoms with Crippen LogP contribution in [0.3, 0.4) is 0 Å². The number of aryl methyl sites for hydroxylation is 1. The maximum absolute atomic E-state index is 9.93. The van der Waals surface area contributed by atoms with Gasteiger partial charge in [-0.15, -0.1) is 0 Å². The van der Waals surface area contributed by atoms with Crippen molar-refractivity contribution >= 4 is 5.69 Å². The molecule has 1 atom stereocenters. The second kappa shape index (κ2) is 4.37. The van der Waals surface area contributed by atoms with E-state index in [0.717, 1.165) is 11.3 Å². The molecule has 2 aromatic rings. The maximum atomic E-state index is 9.93. The minimum Gasteiger partial charge on any atom is -0.464 e. The monoisotopic (exact) mass is 218 g/mol. The van der Waals surface area contributed by atoms with E-state index in [9.17, 15) is 5.11 Å². The van der Waals surface area contributed by atoms with E-state index < -0.39 is 6.10 Å². The minimum atomic E-state index is -0.680. The van der Waals surface area contributed by atoms with Crippen LogP contribution in [-0.4, -0.2) is 10.1 Å². The van der Waals surface area contributed by atoms with Gasteiger partial charge in [0, 0.05) is 24.5 Å². The molecule has 1 unspecified atom stereocenters. The van der Waals surface area contributed by atoms with Crippen LogP contribution in [0.2, 0.25) is 0 Å². The van der Waals surface area contributed by atoms with Gasteiger partial charge in [-0.2, -0.15) is 0 Å². The van der Waals surface area contributed by atoms with Gasteiger partial charge in [-0.25, -0.2) is 0 Å². The van der Waals surface area contributed by atoms with Crippen molar-refractivity contribution in [2.45, 2.75) is 19.4 Å². The number of hydrogen-bond acceptors (Lipinski definition) is 4. The Bertz CT molecular complexity index is 479. The highest BCUT2D eigenvalue weighted by Crippen LogP contribution is 2.22. The zero-order valence-corrected chi connectivity index (χ0v) is 9.05. The van der Waals surface area contributed by atoms with Gasteiger partial charge in [0.1, 0.15) is 17.6 Å². The molecule has 2 rings (SSSR count). The van der Waals surface area contributed by atoms with E-state index in [0.29, 0.717) is 17.9 Å². The van der Waals surface area contributed by atoms with Crippen molar-refractivity contribution in [2.24, 2.45) is 0 Å². The summed E-state index contributed by atoms with van der Waals surface area (Å²) in [5.41, 5.74) is 7.23. The summed E-state index contributed by atoms with van der Waals surface area (Å²) in [7, 11) is 0. The zero-order chi connectivity index (χ0) is 11.5. The van der Waals surface area contributed by atoms with Crippen LogP contribution >= 0.6 is 0 Å². The molecule has 4 nitrogen and oxygen atoms in total. The molecule has 3 N–H and O–H groups in total. The van der Waals surface area contributed by atoms with Crippen molar-refractivity contribution < 1.29 is 9.52 Å². The first kappa shape index (κ1) is 10.7. The summed E-state index contributed by atoms with van der Waals surface area (Å²) in [6, 6.07) is 5.31. The van der Waals surface area contributed by atoms with Crippen LogP contribution in [-0.2, 0) is 6.42 Å². The molecule has 0 aliphatic carbocycles. The van der Waals surface area contributed by atoms with E-state index in [1.54, 1.807) is 24.5 Å². The van der Waals surface area contributed by atoms with Crippen LogP contribution in [0.4, 0.5) is 5.69 Å². The smallest absolute Gasteiger partial charge is 0.132 e. The van der Waals surface area contributed by atoms with Crippen LogP contribution < -0.4 is 5.73 Å². The van der Waals surface area contributed by atoms with Gasteiger partial charge in [-0.05, 0) is 30.7 Å². The number of anilines is 1. The Kier molecular flexibility index (Phi) is 2.92. The first-order valence-electron chi connectivity index (χ1n) is 5.09. The van der Waals surface area contributed by atoms with Gasteiger partial charge >= 0.3 is 0 Å². The average molecular weight is 218 g/mol. The molecule has 4 heteroatoms. The van der Waals surface area contributed by atoms with E-state index in [4.69, 9.17) is 10.2 Å². The van der Waals surface area contributed by atoms with Crippen molar-refractivity contribution in [3.8, 4) is 0 Å². The largest absolute Gasteiger partial charge is 0.464 e. The van der Waals surface area contributed by atoms with Crippen molar-refractivity contribution in [1.29, 1.82) is 0 Å². The molecular weight excluding hydrogens is 204 g/mol. The lowest BCUT2D eigenvalue weighted by Crippen LogP contribution is -2.03. The van der Waals surface area contributed by atoms with Crippen molar-refractivity contribution in [3.05, 3.63) is 47.7 Å². The zero-order valence-electron chi connectivity index (χ0n) is 9.05. The standard InChI is InChI=1S/C12H14N2O2/c1-8-2-3-12(16-8)11(15)6-9-7-14-5-4-10(9)13/h2-5,7,11,15H,6H2,1H3,(H2,13,14). The van der Waals surface area contributed by atoms with Crippen molar-refractivity contribution in [3.63, 3.8) is 0 Å². The van der Waals surface area contributed by atoms with Crippen LogP contribution in [0.5, 0.6) is 0 Å². The Balaban J connectivity index is 2.13. The van der Waals surface area contributed by atoms with Gasteiger partial charge in [-0.1, -0.05) is 0 Å². The van der Waals surface area contributed by atoms with Crippen LogP contribution in [0.1, 0.15) is 23.2 Å². The number of aliphatic hydroxyl groups is 1. The van der Waals surface area contributed by atoms with Crippen LogP contribution in [0.15, 0.2) is 35.0 Å². The third-order valence-electron chi connectivity index (χ3n) is 2.44. The highest BCUT2D eigenvalue weighted by molar-refractivity contribution is 5.44. The molecule has 16 heavy (non-hydrogen) atoms. The average Bonchev–Trinajstić information content (AvgIpc) is 2.68. The summed E-state index contributed by atoms with van der Waals surface area (Å²) >= 11 is 0. The minimum absolute atomic E-state index is 0.409. The first-order chi connectivity index (χ1) is 7.66. The van der Waals surface area contributed by atoms with Gasteiger partial charge in [0.25, 0.3) is 0 Å². The fourth-order valence-electron chi connectivity index (χ4n) is 1.55. The van der Waals surface area contributed by atoms with Crippen molar-refractivity contribution in [1.82, 2.24) is 4.98 Å². The summed E-state index contributed by atoms with van der Waals surface area (Å²) in [5.74, 6) is 1.34. The molecule has 0 aliphatic rings. The Morgan fingerprint density at radius 2 is 2.25 bits per heavy atom. The van der Waals surface area contributed by atoms with Gasteiger partial charge in [0.2, 0.25) is 0 Å². The summed E-state index contributed by atoms with van der Waals surface area (Å²) in [5, 5.41) is 9.93. The fraction of sp³-hybridized carbons (Fsp3) is 0.250. The van der Waals surface area contributed by atoms with E-state index in [2.05, 4.69) is 4.98 Å². The van der Waals surface area contributed by atoms with E-state index in [1.165, 1.54) is 0 Å². The maximum Gasteiger partial charge on any atom is 0.132 e. The van der Waals surface area contributed by atoms with E-state index >= 15 is 0 Å². The summed E-state index contributed by atoms with van der Waals surface area (Å²) < 4.78 is 5.35. The number of aliphatic hydroxyl groups excluding tert-OH is 1. The number of aromatic nitrogens is 1. The normalized spacial score (nSPS) is 12.6. The molecule has 0 spiro atoms. The predicted molar refractivity (Wildman–Crippen MR) is 60.8 cm³/mol. The molecular formula is C12H14N2O2. The lowest BCUT2D eigenvalue weighted by molar-refractivity contribution is 0.149. The third-order valence-corrected chi connectivity index (χ3v) is 2.44. The Morgan fingerprint density at radius 1 is 1.44 bits per heavy atom. The molecule has 0 bridgehead atoms. The second-order valence-electron chi connectivity index (χ2n) is 3.74. The molecule has 2 aromatic heterocycles. The van der Waals surface area contributed by atoms with E-state index in [1.807, 2.05) is 13.0 Å². The Labute approximate surface area is 93.7 Å². The Morgan fingerprint density at radius 3 is 2.88 bits per heavy atom. The molecule has 0 radical (unpaired) electrons. The molecule has 0 aromatic carbocycles. The van der Waals surface area contributed by atoms with Gasteiger partial charge in [0.05, 0.1) is 0 Å². The van der Waals surface area contributed by atoms with E-state index in [-0.39, 0.29) is 0 Å². The fourth-order valence-corrected chi connectivity index (χ4v) is 1.55. The number of nitrogens with zero attached hydrogens (tertiary/aromatic N) is 1. The molecule has 0 fully saturated rings. The van der Waals surface area contributed by atoms with Crippen molar-refractivity contribution in [2.75, 3.05) is 5.73 Å². The number of nitrogen functional groups attached to an aromatic ring is 1. The number of rotatable bonds is 3. The highest BCUT2D eigenvalue weighted by atomic mass is 16.4. The van der Waals surface area contributed by atoms with Gasteiger partial charge in [-0.3, -0.25) is 4.98 Å². The number of furan rings is 1. The van der Waals surface area contributed by atoms with Gasteiger partial charge < -0.3 is 15.3 Å². The molecule has 0 saturated carbocycles. The molecule has 84 valence electrons. The number of pyridine rings is 1. The van der Waals surface area contributed by atoms with Crippen LogP contribution in [0.25, 0.3) is 0 Å².